The number of hydrogen-bond donors (Lipinski definition) is 1. The van der Waals surface area contributed by atoms with E-state index in [1.807, 2.05) is 61.7 Å². The van der Waals surface area contributed by atoms with Crippen LogP contribution in [0.1, 0.15) is 28.4 Å². The predicted octanol–water partition coefficient (Wildman–Crippen LogP) is 4.99. The van der Waals surface area contributed by atoms with Crippen molar-refractivity contribution >= 4 is 23.4 Å². The van der Waals surface area contributed by atoms with Crippen molar-refractivity contribution in [3.63, 3.8) is 0 Å². The molecule has 0 saturated carbocycles. The zero-order valence-corrected chi connectivity index (χ0v) is 15.9. The molecule has 5 heteroatoms. The molecule has 0 aliphatic carbocycles. The van der Waals surface area contributed by atoms with Crippen molar-refractivity contribution in [1.29, 1.82) is 0 Å². The molecule has 0 radical (unpaired) electrons. The molecule has 0 bridgehead atoms. The van der Waals surface area contributed by atoms with E-state index in [0.717, 1.165) is 28.8 Å². The van der Waals surface area contributed by atoms with Gasteiger partial charge < -0.3 is 5.32 Å². The molecule has 1 amide bonds. The lowest BCUT2D eigenvalue weighted by molar-refractivity contribution is 0.102. The van der Waals surface area contributed by atoms with E-state index in [-0.39, 0.29) is 5.91 Å². The summed E-state index contributed by atoms with van der Waals surface area (Å²) in [6.45, 7) is 4.08. The van der Waals surface area contributed by atoms with Gasteiger partial charge in [0.15, 0.2) is 5.16 Å². The van der Waals surface area contributed by atoms with Gasteiger partial charge in [-0.05, 0) is 30.7 Å². The average molecular weight is 363 g/mol. The summed E-state index contributed by atoms with van der Waals surface area (Å²) in [6.07, 6.45) is 4.38. The number of aromatic nitrogens is 2. The summed E-state index contributed by atoms with van der Waals surface area (Å²) in [6, 6.07) is 15.8. The first kappa shape index (κ1) is 18.1. The fraction of sp³-hybridized carbons (Fsp3) is 0.190. The number of nitrogens with zero attached hydrogens (tertiary/aromatic N) is 2. The first-order chi connectivity index (χ1) is 12.6. The maximum atomic E-state index is 13.0. The van der Waals surface area contributed by atoms with E-state index in [0.29, 0.717) is 16.4 Å². The Morgan fingerprint density at radius 2 is 1.88 bits per heavy atom. The maximum Gasteiger partial charge on any atom is 0.259 e. The Kier molecular flexibility index (Phi) is 5.68. The Morgan fingerprint density at radius 1 is 1.12 bits per heavy atom. The summed E-state index contributed by atoms with van der Waals surface area (Å²) in [4.78, 5) is 21.9. The molecule has 3 aromatic rings. The molecule has 0 atom stereocenters. The van der Waals surface area contributed by atoms with Gasteiger partial charge in [0.2, 0.25) is 0 Å². The molecule has 1 aromatic heterocycles. The van der Waals surface area contributed by atoms with E-state index in [1.54, 1.807) is 6.20 Å². The van der Waals surface area contributed by atoms with Crippen molar-refractivity contribution in [3.05, 3.63) is 71.4 Å². The van der Waals surface area contributed by atoms with Crippen LogP contribution in [0.15, 0.2) is 59.9 Å². The highest BCUT2D eigenvalue weighted by atomic mass is 32.2. The summed E-state index contributed by atoms with van der Waals surface area (Å²) < 4.78 is 0. The quantitative estimate of drug-likeness (QED) is 0.512. The highest BCUT2D eigenvalue weighted by Crippen LogP contribution is 2.26. The second-order valence-corrected chi connectivity index (χ2v) is 6.68. The fourth-order valence-electron chi connectivity index (χ4n) is 2.83. The summed E-state index contributed by atoms with van der Waals surface area (Å²) in [7, 11) is 0. The maximum absolute atomic E-state index is 13.0. The van der Waals surface area contributed by atoms with E-state index in [4.69, 9.17) is 0 Å². The van der Waals surface area contributed by atoms with Crippen LogP contribution in [0.25, 0.3) is 11.3 Å². The number of carbonyl (C=O) groups is 1. The topological polar surface area (TPSA) is 54.9 Å². The van der Waals surface area contributed by atoms with Crippen LogP contribution >= 0.6 is 11.8 Å². The Bertz CT molecular complexity index is 926. The van der Waals surface area contributed by atoms with E-state index in [1.165, 1.54) is 11.8 Å². The molecule has 132 valence electrons. The van der Waals surface area contributed by atoms with Crippen LogP contribution < -0.4 is 5.32 Å². The number of nitrogens with one attached hydrogen (secondary N) is 1. The molecule has 0 aliphatic rings. The average Bonchev–Trinajstić information content (AvgIpc) is 2.69. The van der Waals surface area contributed by atoms with Crippen molar-refractivity contribution < 1.29 is 4.79 Å². The zero-order chi connectivity index (χ0) is 18.5. The Labute approximate surface area is 158 Å². The molecule has 3 rings (SSSR count). The molecule has 4 nitrogen and oxygen atoms in total. The van der Waals surface area contributed by atoms with Crippen molar-refractivity contribution in [2.75, 3.05) is 11.6 Å². The van der Waals surface area contributed by atoms with E-state index in [2.05, 4.69) is 22.2 Å². The minimum Gasteiger partial charge on any atom is -0.321 e. The smallest absolute Gasteiger partial charge is 0.259 e. The summed E-state index contributed by atoms with van der Waals surface area (Å²) in [5, 5.41) is 3.71. The van der Waals surface area contributed by atoms with Gasteiger partial charge in [-0.2, -0.15) is 0 Å². The van der Waals surface area contributed by atoms with E-state index < -0.39 is 0 Å². The van der Waals surface area contributed by atoms with Gasteiger partial charge in [-0.25, -0.2) is 9.97 Å². The molecule has 26 heavy (non-hydrogen) atoms. The van der Waals surface area contributed by atoms with E-state index in [9.17, 15) is 4.79 Å². The Balaban J connectivity index is 2.03. The summed E-state index contributed by atoms with van der Waals surface area (Å²) >= 11 is 1.46. The monoisotopic (exact) mass is 363 g/mol. The molecule has 0 unspecified atom stereocenters. The minimum absolute atomic E-state index is 0.194. The minimum atomic E-state index is -0.194. The molecule has 0 fully saturated rings. The van der Waals surface area contributed by atoms with Gasteiger partial charge in [0, 0.05) is 17.4 Å². The Hall–Kier alpha value is -2.66. The van der Waals surface area contributed by atoms with Crippen molar-refractivity contribution in [3.8, 4) is 11.3 Å². The first-order valence-corrected chi connectivity index (χ1v) is 9.72. The van der Waals surface area contributed by atoms with Crippen molar-refractivity contribution in [2.24, 2.45) is 0 Å². The number of rotatable bonds is 5. The Morgan fingerprint density at radius 3 is 2.58 bits per heavy atom. The van der Waals surface area contributed by atoms with Crippen molar-refractivity contribution in [2.45, 2.75) is 25.4 Å². The molecule has 2 aromatic carbocycles. The van der Waals surface area contributed by atoms with Gasteiger partial charge in [-0.3, -0.25) is 4.79 Å². The van der Waals surface area contributed by atoms with Gasteiger partial charge in [-0.1, -0.05) is 67.2 Å². The highest BCUT2D eigenvalue weighted by molar-refractivity contribution is 7.98. The third kappa shape index (κ3) is 3.78. The van der Waals surface area contributed by atoms with Gasteiger partial charge >= 0.3 is 0 Å². The zero-order valence-electron chi connectivity index (χ0n) is 15.1. The third-order valence-electron chi connectivity index (χ3n) is 4.22. The van der Waals surface area contributed by atoms with E-state index >= 15 is 0 Å². The normalized spacial score (nSPS) is 10.6. The number of benzene rings is 2. The number of anilines is 1. The van der Waals surface area contributed by atoms with Crippen LogP contribution in [0.2, 0.25) is 0 Å². The SMILES string of the molecule is CCc1cccc(C)c1NC(=O)c1cnc(SC)nc1-c1ccccc1. The standard InChI is InChI=1S/C21H21N3OS/c1-4-15-12-8-9-14(2)18(15)23-20(25)17-13-22-21(26-3)24-19(17)16-10-6-5-7-11-16/h5-13H,4H2,1-3H3,(H,23,25). The van der Waals surface area contributed by atoms with Crippen LogP contribution in [-0.2, 0) is 6.42 Å². The molecule has 1 heterocycles. The number of hydrogen-bond acceptors (Lipinski definition) is 4. The first-order valence-electron chi connectivity index (χ1n) is 8.50. The lowest BCUT2D eigenvalue weighted by Crippen LogP contribution is -2.16. The van der Waals surface area contributed by atoms with Crippen molar-refractivity contribution in [1.82, 2.24) is 9.97 Å². The van der Waals surface area contributed by atoms with Gasteiger partial charge in [0.1, 0.15) is 0 Å². The number of thioether (sulfide) groups is 1. The fourth-order valence-corrected chi connectivity index (χ4v) is 3.17. The second-order valence-electron chi connectivity index (χ2n) is 5.90. The predicted molar refractivity (Wildman–Crippen MR) is 108 cm³/mol. The van der Waals surface area contributed by atoms with Crippen LogP contribution in [0.3, 0.4) is 0 Å². The molecular formula is C21H21N3OS. The number of carbonyl (C=O) groups excluding carboxylic acids is 1. The van der Waals surface area contributed by atoms with Crippen LogP contribution in [0, 0.1) is 6.92 Å². The van der Waals surface area contributed by atoms with Gasteiger partial charge in [0.25, 0.3) is 5.91 Å². The largest absolute Gasteiger partial charge is 0.321 e. The highest BCUT2D eigenvalue weighted by Gasteiger charge is 2.18. The molecule has 1 N–H and O–H groups in total. The van der Waals surface area contributed by atoms with Crippen LogP contribution in [0.5, 0.6) is 0 Å². The number of para-hydroxylation sites is 1. The summed E-state index contributed by atoms with van der Waals surface area (Å²) in [5.74, 6) is -0.194. The van der Waals surface area contributed by atoms with Crippen LogP contribution in [0.4, 0.5) is 5.69 Å². The number of aryl methyl sites for hydroxylation is 2. The molecular weight excluding hydrogens is 342 g/mol. The number of amides is 1. The second kappa shape index (κ2) is 8.15. The molecule has 0 aliphatic heterocycles. The summed E-state index contributed by atoms with van der Waals surface area (Å²) in [5.41, 5.74) is 5.04. The molecule has 0 saturated heterocycles. The lowest BCUT2D eigenvalue weighted by atomic mass is 10.0. The molecule has 0 spiro atoms. The lowest BCUT2D eigenvalue weighted by Gasteiger charge is -2.14. The third-order valence-corrected chi connectivity index (χ3v) is 4.78. The van der Waals surface area contributed by atoms with Gasteiger partial charge in [0.05, 0.1) is 11.3 Å². The van der Waals surface area contributed by atoms with Crippen LogP contribution in [-0.4, -0.2) is 22.1 Å². The van der Waals surface area contributed by atoms with Gasteiger partial charge in [-0.15, -0.1) is 0 Å².